The molecule has 0 bridgehead atoms. The lowest BCUT2D eigenvalue weighted by molar-refractivity contribution is -0.185. The molecule has 2 aromatic rings. The van der Waals surface area contributed by atoms with Crippen molar-refractivity contribution in [2.45, 2.75) is 70.7 Å². The molecule has 2 aliphatic rings. The molecule has 198 valence electrons. The molecule has 36 heavy (non-hydrogen) atoms. The predicted molar refractivity (Wildman–Crippen MR) is 126 cm³/mol. The van der Waals surface area contributed by atoms with Crippen molar-refractivity contribution >= 4 is 16.7 Å². The van der Waals surface area contributed by atoms with Crippen molar-refractivity contribution in [1.29, 1.82) is 0 Å². The molecule has 1 saturated heterocycles. The number of benzene rings is 2. The maximum absolute atomic E-state index is 14.1. The molecule has 0 spiro atoms. The number of rotatable bonds is 7. The van der Waals surface area contributed by atoms with Crippen molar-refractivity contribution in [2.24, 2.45) is 11.8 Å². The zero-order valence-electron chi connectivity index (χ0n) is 20.3. The summed E-state index contributed by atoms with van der Waals surface area (Å²) in [6.07, 6.45) is -5.76. The van der Waals surface area contributed by atoms with Crippen LogP contribution in [-0.4, -0.2) is 42.8 Å². The fraction of sp³-hybridized carbons (Fsp3) is 0.593. The van der Waals surface area contributed by atoms with Crippen molar-refractivity contribution in [3.63, 3.8) is 0 Å². The summed E-state index contributed by atoms with van der Waals surface area (Å²) in [5.41, 5.74) is 0.767. The van der Waals surface area contributed by atoms with Crippen LogP contribution in [0.4, 0.5) is 22.0 Å². The number of hydrogen-bond acceptors (Lipinski definition) is 4. The summed E-state index contributed by atoms with van der Waals surface area (Å²) >= 11 is 0. The number of carbonyl (C=O) groups is 1. The molecule has 0 unspecified atom stereocenters. The highest BCUT2D eigenvalue weighted by Gasteiger charge is 2.42. The van der Waals surface area contributed by atoms with Crippen LogP contribution in [0.2, 0.25) is 0 Å². The minimum absolute atomic E-state index is 0.0433. The second kappa shape index (κ2) is 11.3. The topological polar surface area (TPSA) is 38.8 Å². The van der Waals surface area contributed by atoms with Gasteiger partial charge in [0.25, 0.3) is 6.43 Å². The Morgan fingerprint density at radius 3 is 2.33 bits per heavy atom. The van der Waals surface area contributed by atoms with E-state index < -0.39 is 24.6 Å². The average molecular weight is 514 g/mol. The van der Waals surface area contributed by atoms with E-state index in [0.717, 1.165) is 31.5 Å². The van der Waals surface area contributed by atoms with Crippen LogP contribution in [0.15, 0.2) is 30.3 Å². The molecule has 2 aromatic carbocycles. The number of nitrogens with zero attached hydrogens (tertiary/aromatic N) is 1. The summed E-state index contributed by atoms with van der Waals surface area (Å²) in [7, 11) is 0. The summed E-state index contributed by atoms with van der Waals surface area (Å²) in [6, 6.07) is 8.62. The van der Waals surface area contributed by atoms with Gasteiger partial charge in [-0.25, -0.2) is 8.78 Å². The fourth-order valence-corrected chi connectivity index (χ4v) is 5.34. The van der Waals surface area contributed by atoms with Crippen LogP contribution < -0.4 is 4.74 Å². The minimum atomic E-state index is -4.23. The number of hydrogen-bond donors (Lipinski definition) is 0. The third kappa shape index (κ3) is 6.28. The Balaban J connectivity index is 1.43. The van der Waals surface area contributed by atoms with Gasteiger partial charge in [-0.3, -0.25) is 9.69 Å². The Morgan fingerprint density at radius 1 is 1.03 bits per heavy atom. The SMILES string of the molecule is CCOC(=O)C1CCN(Cc2ccc3c(C(F)F)c(OC4CCC(C(F)(F)F)CC4)ccc3c2)CC1. The normalized spacial score (nSPS) is 22.2. The highest BCUT2D eigenvalue weighted by Crippen LogP contribution is 2.41. The molecule has 1 aliphatic heterocycles. The summed E-state index contributed by atoms with van der Waals surface area (Å²) < 4.78 is 77.9. The van der Waals surface area contributed by atoms with E-state index in [9.17, 15) is 26.7 Å². The van der Waals surface area contributed by atoms with Gasteiger partial charge < -0.3 is 9.47 Å². The first-order chi connectivity index (χ1) is 17.2. The third-order valence-electron chi connectivity index (χ3n) is 7.35. The third-order valence-corrected chi connectivity index (χ3v) is 7.35. The second-order valence-electron chi connectivity index (χ2n) is 9.77. The largest absolute Gasteiger partial charge is 0.490 e. The number of piperidine rings is 1. The Kier molecular flexibility index (Phi) is 8.37. The lowest BCUT2D eigenvalue weighted by atomic mass is 9.87. The molecule has 2 fully saturated rings. The summed E-state index contributed by atoms with van der Waals surface area (Å²) in [5, 5.41) is 1.05. The molecular formula is C27H32F5NO3. The number of carbonyl (C=O) groups excluding carboxylic acids is 1. The predicted octanol–water partition coefficient (Wildman–Crippen LogP) is 7.05. The van der Waals surface area contributed by atoms with Crippen molar-refractivity contribution in [1.82, 2.24) is 4.90 Å². The van der Waals surface area contributed by atoms with Gasteiger partial charge in [0.15, 0.2) is 0 Å². The number of ether oxygens (including phenoxy) is 2. The summed E-state index contributed by atoms with van der Waals surface area (Å²) in [4.78, 5) is 14.2. The van der Waals surface area contributed by atoms with Crippen molar-refractivity contribution in [3.05, 3.63) is 41.5 Å². The zero-order chi connectivity index (χ0) is 25.9. The van der Waals surface area contributed by atoms with Gasteiger partial charge in [0.05, 0.1) is 30.1 Å². The van der Waals surface area contributed by atoms with Crippen molar-refractivity contribution in [2.75, 3.05) is 19.7 Å². The lowest BCUT2D eigenvalue weighted by Gasteiger charge is -2.31. The monoisotopic (exact) mass is 513 g/mol. The molecule has 1 heterocycles. The second-order valence-corrected chi connectivity index (χ2v) is 9.77. The van der Waals surface area contributed by atoms with Crippen LogP contribution in [0.25, 0.3) is 10.8 Å². The van der Waals surface area contributed by atoms with Crippen LogP contribution in [0.3, 0.4) is 0 Å². The zero-order valence-corrected chi connectivity index (χ0v) is 20.3. The molecule has 0 aromatic heterocycles. The average Bonchev–Trinajstić information content (AvgIpc) is 2.84. The first kappa shape index (κ1) is 26.6. The number of esters is 1. The molecule has 4 nitrogen and oxygen atoms in total. The number of alkyl halides is 5. The van der Waals surface area contributed by atoms with Crippen LogP contribution in [-0.2, 0) is 16.1 Å². The van der Waals surface area contributed by atoms with Crippen molar-refractivity contribution in [3.8, 4) is 5.75 Å². The van der Waals surface area contributed by atoms with Gasteiger partial charge in [0.1, 0.15) is 5.75 Å². The van der Waals surface area contributed by atoms with E-state index in [1.165, 1.54) is 6.07 Å². The molecule has 1 aliphatic carbocycles. The highest BCUT2D eigenvalue weighted by molar-refractivity contribution is 5.88. The number of fused-ring (bicyclic) bond motifs is 1. The molecule has 0 atom stereocenters. The molecule has 1 saturated carbocycles. The van der Waals surface area contributed by atoms with Gasteiger partial charge in [-0.05, 0) is 87.0 Å². The fourth-order valence-electron chi connectivity index (χ4n) is 5.34. The Hall–Kier alpha value is -2.42. The molecule has 0 radical (unpaired) electrons. The van der Waals surface area contributed by atoms with E-state index in [0.29, 0.717) is 23.9 Å². The molecule has 9 heteroatoms. The summed E-state index contributed by atoms with van der Waals surface area (Å²) in [5.74, 6) is -1.53. The van der Waals surface area contributed by atoms with Gasteiger partial charge in [0.2, 0.25) is 0 Å². The van der Waals surface area contributed by atoms with E-state index in [4.69, 9.17) is 9.47 Å². The van der Waals surface area contributed by atoms with Gasteiger partial charge in [-0.1, -0.05) is 18.2 Å². The molecule has 0 amide bonds. The van der Waals surface area contributed by atoms with E-state index in [2.05, 4.69) is 4.90 Å². The van der Waals surface area contributed by atoms with Crippen molar-refractivity contribution < 1.29 is 36.2 Å². The first-order valence-electron chi connectivity index (χ1n) is 12.6. The molecular weight excluding hydrogens is 481 g/mol. The Labute approximate surface area is 207 Å². The maximum atomic E-state index is 14.1. The van der Waals surface area contributed by atoms with E-state index in [-0.39, 0.29) is 48.9 Å². The Morgan fingerprint density at radius 2 is 1.72 bits per heavy atom. The number of halogens is 5. The van der Waals surface area contributed by atoms with Crippen LogP contribution in [0.1, 0.15) is 63.0 Å². The van der Waals surface area contributed by atoms with E-state index >= 15 is 0 Å². The molecule has 0 N–H and O–H groups in total. The lowest BCUT2D eigenvalue weighted by Crippen LogP contribution is -2.36. The van der Waals surface area contributed by atoms with Gasteiger partial charge in [-0.15, -0.1) is 0 Å². The smallest absolute Gasteiger partial charge is 0.391 e. The standard InChI is InChI=1S/C27H32F5NO3/c1-2-35-26(34)18-11-13-33(14-12-18)16-17-3-9-22-19(15-17)4-10-23(24(22)25(28)29)36-21-7-5-20(6-8-21)27(30,31)32/h3-4,9-10,15,18,20-21,25H,2,5-8,11-14,16H2,1H3. The molecule has 4 rings (SSSR count). The quantitative estimate of drug-likeness (QED) is 0.294. The summed E-state index contributed by atoms with van der Waals surface area (Å²) in [6.45, 7) is 4.34. The van der Waals surface area contributed by atoms with Crippen LogP contribution >= 0.6 is 0 Å². The van der Waals surface area contributed by atoms with Crippen LogP contribution in [0.5, 0.6) is 5.75 Å². The first-order valence-corrected chi connectivity index (χ1v) is 12.6. The Bertz CT molecular complexity index is 1040. The minimum Gasteiger partial charge on any atom is -0.490 e. The number of likely N-dealkylation sites (tertiary alicyclic amines) is 1. The maximum Gasteiger partial charge on any atom is 0.391 e. The van der Waals surface area contributed by atoms with E-state index in [1.807, 2.05) is 12.1 Å². The van der Waals surface area contributed by atoms with Gasteiger partial charge in [-0.2, -0.15) is 13.2 Å². The van der Waals surface area contributed by atoms with E-state index in [1.54, 1.807) is 19.1 Å². The van der Waals surface area contributed by atoms with Crippen LogP contribution in [0, 0.1) is 11.8 Å². The highest BCUT2D eigenvalue weighted by atomic mass is 19.4. The van der Waals surface area contributed by atoms with Gasteiger partial charge in [0, 0.05) is 6.54 Å². The van der Waals surface area contributed by atoms with Gasteiger partial charge >= 0.3 is 12.1 Å².